The molecule has 0 spiro atoms. The Balaban J connectivity index is 1.90. The standard InChI is InChI=1S/C18H21NO4/c1-11-5-3-4-6-15(11)19-17(20)14-10-12-9-13(22-2)7-8-16(12)23-18(14)21/h7-11,15H,3-6H2,1-2H3,(H,19,20)/t11-,15+/m1/s1. The molecule has 1 heterocycles. The lowest BCUT2D eigenvalue weighted by Gasteiger charge is -2.29. The molecule has 0 unspecified atom stereocenters. The van der Waals surface area contributed by atoms with E-state index in [0.29, 0.717) is 22.6 Å². The van der Waals surface area contributed by atoms with Crippen LogP contribution in [0.25, 0.3) is 11.0 Å². The van der Waals surface area contributed by atoms with E-state index in [1.807, 2.05) is 0 Å². The molecule has 5 nitrogen and oxygen atoms in total. The Hall–Kier alpha value is -2.30. The molecule has 1 aliphatic rings. The topological polar surface area (TPSA) is 68.5 Å². The lowest BCUT2D eigenvalue weighted by Crippen LogP contribution is -2.42. The summed E-state index contributed by atoms with van der Waals surface area (Å²) in [7, 11) is 1.57. The first-order chi connectivity index (χ1) is 11.1. The highest BCUT2D eigenvalue weighted by atomic mass is 16.5. The highest BCUT2D eigenvalue weighted by molar-refractivity contribution is 5.97. The molecule has 2 atom stereocenters. The van der Waals surface area contributed by atoms with Crippen LogP contribution in [-0.4, -0.2) is 19.1 Å². The van der Waals surface area contributed by atoms with Gasteiger partial charge in [0.1, 0.15) is 16.9 Å². The number of carbonyl (C=O) groups excluding carboxylic acids is 1. The van der Waals surface area contributed by atoms with Crippen LogP contribution in [0.5, 0.6) is 5.75 Å². The van der Waals surface area contributed by atoms with Gasteiger partial charge in [-0.2, -0.15) is 0 Å². The van der Waals surface area contributed by atoms with Gasteiger partial charge in [0, 0.05) is 11.4 Å². The third-order valence-corrected chi connectivity index (χ3v) is 4.61. The molecule has 1 fully saturated rings. The molecule has 23 heavy (non-hydrogen) atoms. The van der Waals surface area contributed by atoms with Gasteiger partial charge >= 0.3 is 5.63 Å². The van der Waals surface area contributed by atoms with Crippen molar-refractivity contribution in [2.45, 2.75) is 38.6 Å². The minimum atomic E-state index is -0.608. The fraction of sp³-hybridized carbons (Fsp3) is 0.444. The van der Waals surface area contributed by atoms with Gasteiger partial charge < -0.3 is 14.5 Å². The van der Waals surface area contributed by atoms with E-state index in [1.165, 1.54) is 6.42 Å². The second kappa shape index (κ2) is 6.44. The SMILES string of the molecule is COc1ccc2oc(=O)c(C(=O)N[C@H]3CCCC[C@H]3C)cc2c1. The van der Waals surface area contributed by atoms with Crippen LogP contribution in [-0.2, 0) is 0 Å². The highest BCUT2D eigenvalue weighted by Crippen LogP contribution is 2.24. The molecule has 1 saturated carbocycles. The average Bonchev–Trinajstić information content (AvgIpc) is 2.55. The molecule has 1 aromatic heterocycles. The van der Waals surface area contributed by atoms with E-state index in [2.05, 4.69) is 12.2 Å². The Kier molecular flexibility index (Phi) is 4.37. The predicted molar refractivity (Wildman–Crippen MR) is 87.9 cm³/mol. The number of nitrogens with one attached hydrogen (secondary N) is 1. The maximum absolute atomic E-state index is 12.5. The normalized spacial score (nSPS) is 21.1. The van der Waals surface area contributed by atoms with Crippen molar-refractivity contribution >= 4 is 16.9 Å². The summed E-state index contributed by atoms with van der Waals surface area (Å²) in [4.78, 5) is 24.6. The molecule has 1 aliphatic carbocycles. The molecule has 1 aromatic carbocycles. The Morgan fingerprint density at radius 3 is 2.78 bits per heavy atom. The summed E-state index contributed by atoms with van der Waals surface area (Å²) in [6.45, 7) is 2.14. The van der Waals surface area contributed by atoms with Crippen molar-refractivity contribution in [1.82, 2.24) is 5.32 Å². The zero-order valence-corrected chi connectivity index (χ0v) is 13.4. The number of rotatable bonds is 3. The van der Waals surface area contributed by atoms with Gasteiger partial charge in [-0.25, -0.2) is 4.79 Å². The molecule has 3 rings (SSSR count). The first-order valence-corrected chi connectivity index (χ1v) is 8.01. The summed E-state index contributed by atoms with van der Waals surface area (Å²) >= 11 is 0. The number of methoxy groups -OCH3 is 1. The maximum Gasteiger partial charge on any atom is 0.349 e. The Morgan fingerprint density at radius 1 is 1.26 bits per heavy atom. The molecule has 0 saturated heterocycles. The molecular formula is C18H21NO4. The van der Waals surface area contributed by atoms with Gasteiger partial charge in [0.25, 0.3) is 5.91 Å². The fourth-order valence-corrected chi connectivity index (χ4v) is 3.16. The Morgan fingerprint density at radius 2 is 2.04 bits per heavy atom. The lowest BCUT2D eigenvalue weighted by atomic mass is 9.86. The zero-order valence-electron chi connectivity index (χ0n) is 13.4. The van der Waals surface area contributed by atoms with Crippen molar-refractivity contribution in [3.05, 3.63) is 40.2 Å². The van der Waals surface area contributed by atoms with Crippen molar-refractivity contribution in [2.24, 2.45) is 5.92 Å². The maximum atomic E-state index is 12.5. The minimum Gasteiger partial charge on any atom is -0.497 e. The third-order valence-electron chi connectivity index (χ3n) is 4.61. The summed E-state index contributed by atoms with van der Waals surface area (Å²) < 4.78 is 10.4. The smallest absolute Gasteiger partial charge is 0.349 e. The van der Waals surface area contributed by atoms with Gasteiger partial charge in [-0.05, 0) is 43.0 Å². The van der Waals surface area contributed by atoms with Gasteiger partial charge in [-0.1, -0.05) is 19.8 Å². The molecule has 5 heteroatoms. The zero-order chi connectivity index (χ0) is 16.4. The molecule has 0 radical (unpaired) electrons. The summed E-state index contributed by atoms with van der Waals surface area (Å²) in [5.74, 6) is 0.723. The van der Waals surface area contributed by atoms with Crippen molar-refractivity contribution < 1.29 is 13.9 Å². The van der Waals surface area contributed by atoms with E-state index in [4.69, 9.17) is 9.15 Å². The van der Waals surface area contributed by atoms with Gasteiger partial charge in [-0.3, -0.25) is 4.79 Å². The summed E-state index contributed by atoms with van der Waals surface area (Å²) in [6.07, 6.45) is 4.37. The summed E-state index contributed by atoms with van der Waals surface area (Å²) in [5, 5.41) is 3.66. The second-order valence-electron chi connectivity index (χ2n) is 6.19. The fourth-order valence-electron chi connectivity index (χ4n) is 3.16. The van der Waals surface area contributed by atoms with E-state index in [0.717, 1.165) is 19.3 Å². The number of amides is 1. The van der Waals surface area contributed by atoms with Gasteiger partial charge in [-0.15, -0.1) is 0 Å². The van der Waals surface area contributed by atoms with E-state index < -0.39 is 5.63 Å². The first-order valence-electron chi connectivity index (χ1n) is 8.01. The molecule has 1 N–H and O–H groups in total. The quantitative estimate of drug-likeness (QED) is 0.884. The van der Waals surface area contributed by atoms with E-state index in [9.17, 15) is 9.59 Å². The van der Waals surface area contributed by atoms with Crippen LogP contribution >= 0.6 is 0 Å². The van der Waals surface area contributed by atoms with Crippen molar-refractivity contribution in [2.75, 3.05) is 7.11 Å². The summed E-state index contributed by atoms with van der Waals surface area (Å²) in [6, 6.07) is 6.83. The number of benzene rings is 1. The van der Waals surface area contributed by atoms with Gasteiger partial charge in [0.2, 0.25) is 0 Å². The van der Waals surface area contributed by atoms with Gasteiger partial charge in [0.05, 0.1) is 7.11 Å². The van der Waals surface area contributed by atoms with Crippen molar-refractivity contribution in [3.63, 3.8) is 0 Å². The molecule has 2 aromatic rings. The van der Waals surface area contributed by atoms with Crippen molar-refractivity contribution in [3.8, 4) is 5.75 Å². The van der Waals surface area contributed by atoms with Crippen LogP contribution in [0.1, 0.15) is 43.0 Å². The molecule has 0 bridgehead atoms. The Labute approximate surface area is 134 Å². The Bertz CT molecular complexity index is 780. The van der Waals surface area contributed by atoms with Crippen LogP contribution in [0.2, 0.25) is 0 Å². The number of fused-ring (bicyclic) bond motifs is 1. The minimum absolute atomic E-state index is 0.0449. The van der Waals surface area contributed by atoms with Crippen LogP contribution in [0.15, 0.2) is 33.5 Å². The third kappa shape index (κ3) is 3.23. The van der Waals surface area contributed by atoms with Crippen molar-refractivity contribution in [1.29, 1.82) is 0 Å². The van der Waals surface area contributed by atoms with Crippen LogP contribution in [0.3, 0.4) is 0 Å². The van der Waals surface area contributed by atoms with Gasteiger partial charge in [0.15, 0.2) is 0 Å². The first kappa shape index (κ1) is 15.6. The van der Waals surface area contributed by atoms with Crippen LogP contribution < -0.4 is 15.7 Å². The monoisotopic (exact) mass is 315 g/mol. The molecular weight excluding hydrogens is 294 g/mol. The lowest BCUT2D eigenvalue weighted by molar-refractivity contribution is 0.0906. The molecule has 0 aliphatic heterocycles. The van der Waals surface area contributed by atoms with E-state index in [-0.39, 0.29) is 17.5 Å². The molecule has 122 valence electrons. The largest absolute Gasteiger partial charge is 0.497 e. The predicted octanol–water partition coefficient (Wildman–Crippen LogP) is 3.11. The second-order valence-corrected chi connectivity index (χ2v) is 6.19. The van der Waals surface area contributed by atoms with Crippen LogP contribution in [0, 0.1) is 5.92 Å². The van der Waals surface area contributed by atoms with E-state index in [1.54, 1.807) is 31.4 Å². The molecule has 1 amide bonds. The van der Waals surface area contributed by atoms with Crippen LogP contribution in [0.4, 0.5) is 0 Å². The number of hydrogen-bond acceptors (Lipinski definition) is 4. The highest BCUT2D eigenvalue weighted by Gasteiger charge is 2.24. The van der Waals surface area contributed by atoms with E-state index >= 15 is 0 Å². The number of hydrogen-bond donors (Lipinski definition) is 1. The number of carbonyl (C=O) groups is 1. The summed E-state index contributed by atoms with van der Waals surface area (Å²) in [5.41, 5.74) is -0.120. The average molecular weight is 315 g/mol. The number of ether oxygens (including phenoxy) is 1.